The highest BCUT2D eigenvalue weighted by Gasteiger charge is 2.18. The molecule has 0 amide bonds. The average molecular weight is 503 g/mol. The van der Waals surface area contributed by atoms with Gasteiger partial charge in [-0.05, 0) is 43.5 Å². The first-order chi connectivity index (χ1) is 18.0. The Labute approximate surface area is 220 Å². The van der Waals surface area contributed by atoms with Gasteiger partial charge in [-0.1, -0.05) is 62.2 Å². The maximum atomic E-state index is 13.0. The molecule has 196 valence electrons. The number of morpholine rings is 1. The van der Waals surface area contributed by atoms with Crippen LogP contribution in [0.15, 0.2) is 54.6 Å². The van der Waals surface area contributed by atoms with Crippen molar-refractivity contribution in [3.05, 3.63) is 82.7 Å². The highest BCUT2D eigenvalue weighted by molar-refractivity contribution is 5.91. The van der Waals surface area contributed by atoms with Gasteiger partial charge in [0.1, 0.15) is 0 Å². The molecule has 1 aliphatic rings. The molecule has 0 saturated carbocycles. The topological polar surface area (TPSA) is 76.6 Å². The second kappa shape index (κ2) is 13.3. The first-order valence-electron chi connectivity index (χ1n) is 13.3. The molecule has 7 heteroatoms. The molecule has 1 saturated heterocycles. The lowest BCUT2D eigenvalue weighted by atomic mass is 9.93. The number of aryl methyl sites for hydroxylation is 2. The van der Waals surface area contributed by atoms with Crippen LogP contribution < -0.4 is 10.1 Å². The van der Waals surface area contributed by atoms with Crippen molar-refractivity contribution in [3.63, 3.8) is 0 Å². The molecule has 7 nitrogen and oxygen atoms in total. The van der Waals surface area contributed by atoms with E-state index in [1.807, 2.05) is 38.1 Å². The highest BCUT2D eigenvalue weighted by Crippen LogP contribution is 2.25. The fourth-order valence-electron chi connectivity index (χ4n) is 4.68. The summed E-state index contributed by atoms with van der Waals surface area (Å²) in [6.45, 7) is 10.7. The molecular weight excluding hydrogens is 464 g/mol. The zero-order valence-corrected chi connectivity index (χ0v) is 22.2. The van der Waals surface area contributed by atoms with Crippen molar-refractivity contribution in [2.24, 2.45) is 0 Å². The molecule has 37 heavy (non-hydrogen) atoms. The van der Waals surface area contributed by atoms with Crippen molar-refractivity contribution >= 4 is 11.9 Å². The van der Waals surface area contributed by atoms with Crippen LogP contribution in [-0.2, 0) is 11.3 Å². The SMILES string of the molecule is CCCCC(CNc1nc(C)c(OC(=O)c2cccc(CN3CCOCC3)c2)c(C)n1)c1ccccc1. The van der Waals surface area contributed by atoms with Gasteiger partial charge in [-0.25, -0.2) is 14.8 Å². The summed E-state index contributed by atoms with van der Waals surface area (Å²) in [6.07, 6.45) is 3.43. The van der Waals surface area contributed by atoms with Crippen molar-refractivity contribution in [2.75, 3.05) is 38.2 Å². The van der Waals surface area contributed by atoms with Gasteiger partial charge in [0, 0.05) is 32.1 Å². The summed E-state index contributed by atoms with van der Waals surface area (Å²) in [6, 6.07) is 18.2. The minimum Gasteiger partial charge on any atom is -0.419 e. The van der Waals surface area contributed by atoms with Crippen molar-refractivity contribution in [1.82, 2.24) is 14.9 Å². The van der Waals surface area contributed by atoms with E-state index in [1.165, 1.54) is 12.0 Å². The quantitative estimate of drug-likeness (QED) is 0.346. The van der Waals surface area contributed by atoms with Crippen LogP contribution in [0.5, 0.6) is 5.75 Å². The third-order valence-corrected chi connectivity index (χ3v) is 6.76. The Hall–Kier alpha value is -3.29. The van der Waals surface area contributed by atoms with Crippen LogP contribution in [0.3, 0.4) is 0 Å². The number of hydrogen-bond donors (Lipinski definition) is 1. The van der Waals surface area contributed by atoms with E-state index < -0.39 is 5.97 Å². The van der Waals surface area contributed by atoms with Gasteiger partial charge in [-0.2, -0.15) is 0 Å². The molecule has 1 fully saturated rings. The first-order valence-corrected chi connectivity index (χ1v) is 13.3. The zero-order chi connectivity index (χ0) is 26.0. The molecule has 1 N–H and O–H groups in total. The smallest absolute Gasteiger partial charge is 0.343 e. The van der Waals surface area contributed by atoms with E-state index in [2.05, 4.69) is 51.4 Å². The summed E-state index contributed by atoms with van der Waals surface area (Å²) in [5, 5.41) is 3.42. The number of unbranched alkanes of at least 4 members (excludes halogenated alkanes) is 1. The molecule has 2 aromatic carbocycles. The lowest BCUT2D eigenvalue weighted by Gasteiger charge is -2.26. The van der Waals surface area contributed by atoms with Crippen LogP contribution in [0.2, 0.25) is 0 Å². The number of ether oxygens (including phenoxy) is 2. The van der Waals surface area contributed by atoms with Crippen LogP contribution in [-0.4, -0.2) is 53.7 Å². The molecule has 1 aromatic heterocycles. The third kappa shape index (κ3) is 7.60. The largest absolute Gasteiger partial charge is 0.419 e. The van der Waals surface area contributed by atoms with Crippen LogP contribution in [0.25, 0.3) is 0 Å². The van der Waals surface area contributed by atoms with Gasteiger partial charge in [-0.15, -0.1) is 0 Å². The van der Waals surface area contributed by atoms with E-state index in [1.54, 1.807) is 6.07 Å². The van der Waals surface area contributed by atoms with Gasteiger partial charge in [0.2, 0.25) is 5.95 Å². The fraction of sp³-hybridized carbons (Fsp3) is 0.433. The maximum Gasteiger partial charge on any atom is 0.343 e. The van der Waals surface area contributed by atoms with Crippen LogP contribution in [0.4, 0.5) is 5.95 Å². The summed E-state index contributed by atoms with van der Waals surface area (Å²) in [5.41, 5.74) is 4.19. The highest BCUT2D eigenvalue weighted by atomic mass is 16.5. The Balaban J connectivity index is 1.40. The average Bonchev–Trinajstić information content (AvgIpc) is 2.92. The van der Waals surface area contributed by atoms with E-state index in [0.717, 1.165) is 57.8 Å². The molecular formula is C30H38N4O3. The van der Waals surface area contributed by atoms with Gasteiger partial charge in [0.25, 0.3) is 0 Å². The van der Waals surface area contributed by atoms with Crippen molar-refractivity contribution in [3.8, 4) is 5.75 Å². The van der Waals surface area contributed by atoms with Crippen molar-refractivity contribution in [1.29, 1.82) is 0 Å². The number of carbonyl (C=O) groups excluding carboxylic acids is 1. The molecule has 1 atom stereocenters. The molecule has 2 heterocycles. The normalized spacial score (nSPS) is 14.8. The Morgan fingerprint density at radius 2 is 1.78 bits per heavy atom. The molecule has 1 aliphatic heterocycles. The Kier molecular flexibility index (Phi) is 9.63. The Morgan fingerprint density at radius 3 is 2.49 bits per heavy atom. The monoisotopic (exact) mass is 502 g/mol. The van der Waals surface area contributed by atoms with E-state index >= 15 is 0 Å². The second-order valence-electron chi connectivity index (χ2n) is 9.66. The van der Waals surface area contributed by atoms with Crippen molar-refractivity contribution in [2.45, 2.75) is 52.5 Å². The standard InChI is InChI=1S/C30H38N4O3/c1-4-5-11-27(25-12-7-6-8-13-25)20-31-30-32-22(2)28(23(3)33-30)37-29(35)26-14-9-10-24(19-26)21-34-15-17-36-18-16-34/h6-10,12-14,19,27H,4-5,11,15-18,20-21H2,1-3H3,(H,31,32,33). The first kappa shape index (κ1) is 26.8. The molecule has 1 unspecified atom stereocenters. The second-order valence-corrected chi connectivity index (χ2v) is 9.66. The summed E-state index contributed by atoms with van der Waals surface area (Å²) >= 11 is 0. The molecule has 0 aliphatic carbocycles. The van der Waals surface area contributed by atoms with Gasteiger partial charge >= 0.3 is 5.97 Å². The molecule has 3 aromatic rings. The summed E-state index contributed by atoms with van der Waals surface area (Å²) in [4.78, 5) is 24.5. The number of nitrogens with one attached hydrogen (secondary N) is 1. The number of aromatic nitrogens is 2. The summed E-state index contributed by atoms with van der Waals surface area (Å²) in [7, 11) is 0. The molecule has 0 bridgehead atoms. The Bertz CT molecular complexity index is 1140. The lowest BCUT2D eigenvalue weighted by molar-refractivity contribution is 0.0341. The van der Waals surface area contributed by atoms with Crippen LogP contribution in [0, 0.1) is 13.8 Å². The predicted octanol–water partition coefficient (Wildman–Crippen LogP) is 5.53. The number of esters is 1. The number of carbonyl (C=O) groups is 1. The number of hydrogen-bond acceptors (Lipinski definition) is 7. The van der Waals surface area contributed by atoms with Gasteiger partial charge in [0.05, 0.1) is 30.2 Å². The van der Waals surface area contributed by atoms with Gasteiger partial charge in [-0.3, -0.25) is 4.90 Å². The van der Waals surface area contributed by atoms with Crippen LogP contribution in [0.1, 0.15) is 65.0 Å². The minimum absolute atomic E-state index is 0.382. The molecule has 0 spiro atoms. The molecule has 0 radical (unpaired) electrons. The summed E-state index contributed by atoms with van der Waals surface area (Å²) in [5.74, 6) is 0.954. The van der Waals surface area contributed by atoms with E-state index in [-0.39, 0.29) is 0 Å². The predicted molar refractivity (Wildman–Crippen MR) is 146 cm³/mol. The van der Waals surface area contributed by atoms with Crippen LogP contribution >= 0.6 is 0 Å². The number of anilines is 1. The minimum atomic E-state index is -0.400. The zero-order valence-electron chi connectivity index (χ0n) is 22.2. The third-order valence-electron chi connectivity index (χ3n) is 6.76. The Morgan fingerprint density at radius 1 is 1.05 bits per heavy atom. The van der Waals surface area contributed by atoms with Gasteiger partial charge in [0.15, 0.2) is 5.75 Å². The number of rotatable bonds is 11. The van der Waals surface area contributed by atoms with Crippen molar-refractivity contribution < 1.29 is 14.3 Å². The number of nitrogens with zero attached hydrogens (tertiary/aromatic N) is 3. The lowest BCUT2D eigenvalue weighted by Crippen LogP contribution is -2.35. The van der Waals surface area contributed by atoms with Gasteiger partial charge < -0.3 is 14.8 Å². The summed E-state index contributed by atoms with van der Waals surface area (Å²) < 4.78 is 11.2. The van der Waals surface area contributed by atoms with E-state index in [9.17, 15) is 4.79 Å². The van der Waals surface area contributed by atoms with E-state index in [4.69, 9.17) is 9.47 Å². The maximum absolute atomic E-state index is 13.0. The number of benzene rings is 2. The molecule has 4 rings (SSSR count). The fourth-order valence-corrected chi connectivity index (χ4v) is 4.68. The van der Waals surface area contributed by atoms with E-state index in [0.29, 0.717) is 34.6 Å².